The molecule has 32 heavy (non-hydrogen) atoms. The molecule has 172 valence electrons. The molecule has 0 saturated carbocycles. The van der Waals surface area contributed by atoms with Crippen LogP contribution in [0, 0.1) is 13.8 Å². The number of unbranched alkanes of at least 4 members (excludes halogenated alkanes) is 1. The second-order valence-electron chi connectivity index (χ2n) is 7.23. The first-order chi connectivity index (χ1) is 15.2. The van der Waals surface area contributed by atoms with Gasteiger partial charge in [0, 0.05) is 23.2 Å². The van der Waals surface area contributed by atoms with Crippen LogP contribution < -0.4 is 25.4 Å². The molecule has 0 aromatic heterocycles. The van der Waals surface area contributed by atoms with E-state index in [4.69, 9.17) is 33.3 Å². The first kappa shape index (κ1) is 25.4. The summed E-state index contributed by atoms with van der Waals surface area (Å²) >= 11 is 11.3. The summed E-state index contributed by atoms with van der Waals surface area (Å²) in [7, 11) is 1.51. The van der Waals surface area contributed by atoms with E-state index < -0.39 is 5.91 Å². The van der Waals surface area contributed by atoms with Gasteiger partial charge in [-0.15, -0.1) is 0 Å². The second-order valence-corrected chi connectivity index (χ2v) is 8.02. The van der Waals surface area contributed by atoms with Crippen molar-refractivity contribution in [2.24, 2.45) is 0 Å². The number of nitrogens with one attached hydrogen (secondary N) is 3. The summed E-state index contributed by atoms with van der Waals surface area (Å²) in [6, 6.07) is 8.67. The molecule has 0 aliphatic carbocycles. The quantitative estimate of drug-likeness (QED) is 0.441. The van der Waals surface area contributed by atoms with Crippen LogP contribution in [0.5, 0.6) is 11.5 Å². The van der Waals surface area contributed by atoms with Gasteiger partial charge in [0.25, 0.3) is 5.91 Å². The van der Waals surface area contributed by atoms with Crippen LogP contribution in [-0.2, 0) is 9.59 Å². The van der Waals surface area contributed by atoms with E-state index in [0.29, 0.717) is 34.3 Å². The van der Waals surface area contributed by atoms with Gasteiger partial charge < -0.3 is 20.1 Å². The molecule has 0 spiro atoms. The van der Waals surface area contributed by atoms with Crippen LogP contribution in [0.25, 0.3) is 0 Å². The lowest BCUT2D eigenvalue weighted by Gasteiger charge is -2.14. The molecule has 2 amide bonds. The topological polar surface area (TPSA) is 88.7 Å². The summed E-state index contributed by atoms with van der Waals surface area (Å²) in [5.41, 5.74) is 2.91. The number of ether oxygens (including phenoxy) is 2. The van der Waals surface area contributed by atoms with Crippen molar-refractivity contribution in [1.29, 1.82) is 0 Å². The zero-order valence-electron chi connectivity index (χ0n) is 18.6. The Morgan fingerprint density at radius 2 is 1.75 bits per heavy atom. The lowest BCUT2D eigenvalue weighted by Crippen LogP contribution is -2.37. The molecule has 0 radical (unpaired) electrons. The van der Waals surface area contributed by atoms with Gasteiger partial charge in [0.2, 0.25) is 5.91 Å². The van der Waals surface area contributed by atoms with E-state index in [1.54, 1.807) is 30.3 Å². The molecule has 0 fully saturated rings. The third kappa shape index (κ3) is 7.69. The number of halogens is 1. The summed E-state index contributed by atoms with van der Waals surface area (Å²) in [4.78, 5) is 24.1. The number of hydrogen-bond acceptors (Lipinski definition) is 5. The zero-order chi connectivity index (χ0) is 23.7. The van der Waals surface area contributed by atoms with Crippen LogP contribution in [0.15, 0.2) is 30.3 Å². The Hall–Kier alpha value is -2.84. The number of benzene rings is 2. The molecular formula is C23H28ClN3O4S. The summed E-state index contributed by atoms with van der Waals surface area (Å²) in [5.74, 6) is 0.560. The van der Waals surface area contributed by atoms with E-state index in [0.717, 1.165) is 24.0 Å². The average molecular weight is 478 g/mol. The number of amides is 2. The van der Waals surface area contributed by atoms with Gasteiger partial charge in [0.15, 0.2) is 11.7 Å². The monoisotopic (exact) mass is 477 g/mol. The highest BCUT2D eigenvalue weighted by atomic mass is 35.5. The number of carbonyl (C=O) groups excluding carboxylic acids is 2. The highest BCUT2D eigenvalue weighted by Crippen LogP contribution is 2.28. The Labute approximate surface area is 198 Å². The van der Waals surface area contributed by atoms with E-state index in [9.17, 15) is 9.59 Å². The number of methoxy groups -OCH3 is 1. The maximum atomic E-state index is 12.2. The van der Waals surface area contributed by atoms with E-state index in [-0.39, 0.29) is 17.6 Å². The fourth-order valence-electron chi connectivity index (χ4n) is 2.89. The number of aryl methyl sites for hydroxylation is 2. The normalized spacial score (nSPS) is 10.3. The van der Waals surface area contributed by atoms with Gasteiger partial charge in [0.1, 0.15) is 11.5 Å². The number of carbonyl (C=O) groups is 2. The summed E-state index contributed by atoms with van der Waals surface area (Å²) in [5, 5.41) is 9.11. The lowest BCUT2D eigenvalue weighted by atomic mass is 10.1. The number of thiocarbonyl (C=S) groups is 1. The number of hydrogen-bond donors (Lipinski definition) is 3. The minimum atomic E-state index is -0.403. The van der Waals surface area contributed by atoms with Crippen molar-refractivity contribution in [1.82, 2.24) is 5.32 Å². The zero-order valence-corrected chi connectivity index (χ0v) is 20.2. The molecule has 9 heteroatoms. The van der Waals surface area contributed by atoms with E-state index in [1.165, 1.54) is 7.11 Å². The van der Waals surface area contributed by atoms with E-state index in [1.807, 2.05) is 20.8 Å². The SMILES string of the molecule is CCCCC(=O)Nc1ccc(NC(=S)NC(=O)COc2cc(C)c(Cl)c(C)c2)cc1OC. The molecule has 7 nitrogen and oxygen atoms in total. The lowest BCUT2D eigenvalue weighted by molar-refractivity contribution is -0.121. The maximum absolute atomic E-state index is 12.2. The van der Waals surface area contributed by atoms with Gasteiger partial charge in [-0.2, -0.15) is 0 Å². The average Bonchev–Trinajstić information content (AvgIpc) is 2.75. The predicted molar refractivity (Wildman–Crippen MR) is 132 cm³/mol. The Balaban J connectivity index is 1.90. The molecule has 0 unspecified atom stereocenters. The molecule has 2 aromatic rings. The fourth-order valence-corrected chi connectivity index (χ4v) is 3.23. The molecule has 3 N–H and O–H groups in total. The van der Waals surface area contributed by atoms with Gasteiger partial charge in [-0.25, -0.2) is 0 Å². The predicted octanol–water partition coefficient (Wildman–Crippen LogP) is 4.99. The third-order valence-corrected chi connectivity index (χ3v) is 5.32. The number of rotatable bonds is 9. The maximum Gasteiger partial charge on any atom is 0.264 e. The largest absolute Gasteiger partial charge is 0.494 e. The van der Waals surface area contributed by atoms with Crippen LogP contribution in [0.1, 0.15) is 37.3 Å². The standard InChI is InChI=1S/C23H28ClN3O4S/c1-5-6-7-20(28)26-18-9-8-16(12-19(18)30-4)25-23(32)27-21(29)13-31-17-10-14(2)22(24)15(3)11-17/h8-12H,5-7,13H2,1-4H3,(H,26,28)(H2,25,27,29,32). The molecule has 0 atom stereocenters. The van der Waals surface area contributed by atoms with Gasteiger partial charge >= 0.3 is 0 Å². The van der Waals surface area contributed by atoms with Crippen LogP contribution in [0.2, 0.25) is 5.02 Å². The summed E-state index contributed by atoms with van der Waals surface area (Å²) in [6.07, 6.45) is 2.22. The van der Waals surface area contributed by atoms with Gasteiger partial charge in [-0.1, -0.05) is 24.9 Å². The van der Waals surface area contributed by atoms with Crippen molar-refractivity contribution >= 4 is 52.1 Å². The Kier molecular flexibility index (Phi) is 9.74. The molecule has 2 rings (SSSR count). The number of anilines is 2. The Bertz CT molecular complexity index is 974. The highest BCUT2D eigenvalue weighted by Gasteiger charge is 2.11. The molecule has 0 aliphatic heterocycles. The van der Waals surface area contributed by atoms with Crippen molar-refractivity contribution in [2.75, 3.05) is 24.4 Å². The molecule has 0 aliphatic rings. The molecular weight excluding hydrogens is 450 g/mol. The summed E-state index contributed by atoms with van der Waals surface area (Å²) in [6.45, 7) is 5.57. The van der Waals surface area contributed by atoms with Crippen LogP contribution in [-0.4, -0.2) is 30.6 Å². The molecule has 0 heterocycles. The minimum Gasteiger partial charge on any atom is -0.494 e. The third-order valence-electron chi connectivity index (χ3n) is 4.52. The molecule has 2 aromatic carbocycles. The highest BCUT2D eigenvalue weighted by molar-refractivity contribution is 7.80. The smallest absolute Gasteiger partial charge is 0.264 e. The second kappa shape index (κ2) is 12.3. The van der Waals surface area contributed by atoms with Gasteiger partial charge in [-0.3, -0.25) is 14.9 Å². The van der Waals surface area contributed by atoms with E-state index in [2.05, 4.69) is 16.0 Å². The minimum absolute atomic E-state index is 0.0697. The Morgan fingerprint density at radius 3 is 2.38 bits per heavy atom. The van der Waals surface area contributed by atoms with E-state index >= 15 is 0 Å². The van der Waals surface area contributed by atoms with Gasteiger partial charge in [0.05, 0.1) is 12.8 Å². The van der Waals surface area contributed by atoms with Crippen molar-refractivity contribution < 1.29 is 19.1 Å². The van der Waals surface area contributed by atoms with Gasteiger partial charge in [-0.05, 0) is 67.9 Å². The van der Waals surface area contributed by atoms with Crippen molar-refractivity contribution in [3.8, 4) is 11.5 Å². The van der Waals surface area contributed by atoms with Crippen molar-refractivity contribution in [3.05, 3.63) is 46.5 Å². The van der Waals surface area contributed by atoms with Crippen molar-refractivity contribution in [3.63, 3.8) is 0 Å². The Morgan fingerprint density at radius 1 is 1.06 bits per heavy atom. The summed E-state index contributed by atoms with van der Waals surface area (Å²) < 4.78 is 10.9. The van der Waals surface area contributed by atoms with Crippen LogP contribution in [0.3, 0.4) is 0 Å². The molecule has 0 saturated heterocycles. The fraction of sp³-hybridized carbons (Fsp3) is 0.348. The van der Waals surface area contributed by atoms with Crippen LogP contribution >= 0.6 is 23.8 Å². The first-order valence-corrected chi connectivity index (χ1v) is 11.0. The molecule has 0 bridgehead atoms. The van der Waals surface area contributed by atoms with Crippen molar-refractivity contribution in [2.45, 2.75) is 40.0 Å². The van der Waals surface area contributed by atoms with Crippen LogP contribution in [0.4, 0.5) is 11.4 Å². The first-order valence-electron chi connectivity index (χ1n) is 10.2.